The first-order chi connectivity index (χ1) is 12.4. The average Bonchev–Trinajstić information content (AvgIpc) is 2.74. The van der Waals surface area contributed by atoms with E-state index in [1.165, 1.54) is 11.3 Å². The first kappa shape index (κ1) is 18.6. The van der Waals surface area contributed by atoms with E-state index >= 15 is 0 Å². The van der Waals surface area contributed by atoms with Crippen molar-refractivity contribution in [3.63, 3.8) is 0 Å². The molecule has 0 aliphatic carbocycles. The normalized spacial score (nSPS) is 16.6. The van der Waals surface area contributed by atoms with Gasteiger partial charge in [-0.25, -0.2) is 4.98 Å². The fourth-order valence-electron chi connectivity index (χ4n) is 3.12. The number of carbonyl (C=O) groups is 2. The highest BCUT2D eigenvalue weighted by Gasteiger charge is 2.23. The highest BCUT2D eigenvalue weighted by Crippen LogP contribution is 2.27. The summed E-state index contributed by atoms with van der Waals surface area (Å²) in [6.07, 6.45) is 2.55. The Kier molecular flexibility index (Phi) is 5.41. The molecule has 0 unspecified atom stereocenters. The third kappa shape index (κ3) is 3.80. The van der Waals surface area contributed by atoms with E-state index in [2.05, 4.69) is 9.97 Å². The summed E-state index contributed by atoms with van der Waals surface area (Å²) < 4.78 is 5.41. The summed E-state index contributed by atoms with van der Waals surface area (Å²) in [7, 11) is 0. The van der Waals surface area contributed by atoms with Gasteiger partial charge in [-0.3, -0.25) is 14.4 Å². The molecule has 1 N–H and O–H groups in total. The second kappa shape index (κ2) is 7.57. The molecule has 3 rings (SSSR count). The zero-order valence-electron chi connectivity index (χ0n) is 15.3. The van der Waals surface area contributed by atoms with E-state index in [0.29, 0.717) is 29.0 Å². The van der Waals surface area contributed by atoms with Gasteiger partial charge in [0.15, 0.2) is 11.9 Å². The summed E-state index contributed by atoms with van der Waals surface area (Å²) in [4.78, 5) is 47.0. The quantitative estimate of drug-likeness (QED) is 0.827. The largest absolute Gasteiger partial charge is 0.453 e. The van der Waals surface area contributed by atoms with Gasteiger partial charge in [0.2, 0.25) is 5.91 Å². The van der Waals surface area contributed by atoms with Crippen LogP contribution in [-0.2, 0) is 14.3 Å². The van der Waals surface area contributed by atoms with E-state index in [1.807, 2.05) is 13.8 Å². The van der Waals surface area contributed by atoms with Gasteiger partial charge in [-0.05, 0) is 39.2 Å². The van der Waals surface area contributed by atoms with Crippen molar-refractivity contribution in [3.05, 3.63) is 26.6 Å². The van der Waals surface area contributed by atoms with Gasteiger partial charge >= 0.3 is 5.97 Å². The number of ether oxygens (including phenoxy) is 1. The number of hydrogen-bond acceptors (Lipinski definition) is 6. The Hall–Kier alpha value is -2.22. The monoisotopic (exact) mass is 377 g/mol. The van der Waals surface area contributed by atoms with Crippen LogP contribution in [-0.4, -0.2) is 39.8 Å². The number of aromatic nitrogens is 2. The maximum atomic E-state index is 12.3. The van der Waals surface area contributed by atoms with E-state index in [9.17, 15) is 14.4 Å². The van der Waals surface area contributed by atoms with Crippen molar-refractivity contribution < 1.29 is 14.3 Å². The topological polar surface area (TPSA) is 92.4 Å². The van der Waals surface area contributed by atoms with Gasteiger partial charge in [0, 0.05) is 17.8 Å². The Morgan fingerprint density at radius 1 is 1.31 bits per heavy atom. The number of hydrogen-bond donors (Lipinski definition) is 1. The van der Waals surface area contributed by atoms with Crippen LogP contribution in [0.5, 0.6) is 0 Å². The molecule has 1 aliphatic heterocycles. The zero-order valence-corrected chi connectivity index (χ0v) is 16.1. The number of carbonyl (C=O) groups excluding carboxylic acids is 2. The van der Waals surface area contributed by atoms with Crippen LogP contribution in [0.2, 0.25) is 0 Å². The lowest BCUT2D eigenvalue weighted by molar-refractivity contribution is -0.153. The molecule has 1 saturated heterocycles. The molecule has 140 valence electrons. The molecule has 1 aliphatic rings. The SMILES string of the molecule is Cc1sc2nc([C@@H](C)OC(=O)CN3CCCCCC3=O)[nH]c(=O)c2c1C. The van der Waals surface area contributed by atoms with E-state index in [-0.39, 0.29) is 18.0 Å². The molecule has 0 radical (unpaired) electrons. The van der Waals surface area contributed by atoms with Crippen LogP contribution in [0.4, 0.5) is 0 Å². The second-order valence-electron chi connectivity index (χ2n) is 6.67. The zero-order chi connectivity index (χ0) is 18.8. The van der Waals surface area contributed by atoms with Crippen molar-refractivity contribution in [1.82, 2.24) is 14.9 Å². The van der Waals surface area contributed by atoms with Gasteiger partial charge in [-0.2, -0.15) is 0 Å². The van der Waals surface area contributed by atoms with E-state index in [4.69, 9.17) is 4.74 Å². The van der Waals surface area contributed by atoms with Gasteiger partial charge in [0.25, 0.3) is 5.56 Å². The summed E-state index contributed by atoms with van der Waals surface area (Å²) >= 11 is 1.45. The molecule has 8 heteroatoms. The number of aromatic amines is 1. The molecule has 7 nitrogen and oxygen atoms in total. The van der Waals surface area contributed by atoms with Crippen molar-refractivity contribution >= 4 is 33.4 Å². The molecule has 3 heterocycles. The summed E-state index contributed by atoms with van der Waals surface area (Å²) in [6.45, 7) is 6.03. The molecule has 0 bridgehead atoms. The Morgan fingerprint density at radius 3 is 2.85 bits per heavy atom. The molecule has 1 amide bonds. The molecule has 2 aromatic heterocycles. The molecule has 0 spiro atoms. The Bertz CT molecular complexity index is 902. The average molecular weight is 377 g/mol. The lowest BCUT2D eigenvalue weighted by Gasteiger charge is -2.20. The smallest absolute Gasteiger partial charge is 0.326 e. The maximum absolute atomic E-state index is 12.3. The van der Waals surface area contributed by atoms with Crippen molar-refractivity contribution in [2.45, 2.75) is 52.6 Å². The molecule has 1 fully saturated rings. The summed E-state index contributed by atoms with van der Waals surface area (Å²) in [6, 6.07) is 0. The Labute approximate surface area is 155 Å². The molecule has 0 aromatic carbocycles. The van der Waals surface area contributed by atoms with Crippen molar-refractivity contribution in [2.75, 3.05) is 13.1 Å². The lowest BCUT2D eigenvalue weighted by Crippen LogP contribution is -2.36. The fourth-order valence-corrected chi connectivity index (χ4v) is 4.15. The highest BCUT2D eigenvalue weighted by atomic mass is 32.1. The Balaban J connectivity index is 1.72. The number of nitrogens with one attached hydrogen (secondary N) is 1. The molecule has 1 atom stereocenters. The van der Waals surface area contributed by atoms with Gasteiger partial charge in [-0.1, -0.05) is 6.42 Å². The number of likely N-dealkylation sites (tertiary alicyclic amines) is 1. The van der Waals surface area contributed by atoms with Crippen molar-refractivity contribution in [1.29, 1.82) is 0 Å². The minimum atomic E-state index is -0.690. The number of amides is 1. The standard InChI is InChI=1S/C18H23N3O4S/c1-10-12(3)26-18-15(10)17(24)19-16(20-18)11(2)25-14(23)9-21-8-6-4-5-7-13(21)22/h11H,4-9H2,1-3H3,(H,19,20,24)/t11-/m1/s1. The van der Waals surface area contributed by atoms with E-state index in [0.717, 1.165) is 29.7 Å². The molecule has 26 heavy (non-hydrogen) atoms. The molecular weight excluding hydrogens is 354 g/mol. The van der Waals surface area contributed by atoms with E-state index < -0.39 is 12.1 Å². The number of fused-ring (bicyclic) bond motifs is 1. The summed E-state index contributed by atoms with van der Waals surface area (Å²) in [5, 5.41) is 0.588. The third-order valence-corrected chi connectivity index (χ3v) is 5.84. The Morgan fingerprint density at radius 2 is 2.08 bits per heavy atom. The molecular formula is C18H23N3O4S. The first-order valence-electron chi connectivity index (χ1n) is 8.84. The second-order valence-corrected chi connectivity index (χ2v) is 7.88. The predicted octanol–water partition coefficient (Wildman–Crippen LogP) is 2.61. The summed E-state index contributed by atoms with van der Waals surface area (Å²) in [5.41, 5.74) is 0.701. The minimum absolute atomic E-state index is 0.00964. The van der Waals surface area contributed by atoms with Crippen LogP contribution in [0.15, 0.2) is 4.79 Å². The van der Waals surface area contributed by atoms with Crippen molar-refractivity contribution in [3.8, 4) is 0 Å². The van der Waals surface area contributed by atoms with Crippen LogP contribution in [0, 0.1) is 13.8 Å². The van der Waals surface area contributed by atoms with Crippen LogP contribution in [0.25, 0.3) is 10.2 Å². The number of nitrogens with zero attached hydrogens (tertiary/aromatic N) is 2. The van der Waals surface area contributed by atoms with Gasteiger partial charge in [0.05, 0.1) is 5.39 Å². The van der Waals surface area contributed by atoms with Crippen LogP contribution in [0.1, 0.15) is 55.0 Å². The van der Waals surface area contributed by atoms with Crippen molar-refractivity contribution in [2.24, 2.45) is 0 Å². The molecule has 2 aromatic rings. The number of esters is 1. The van der Waals surface area contributed by atoms with Gasteiger partial charge in [0.1, 0.15) is 11.4 Å². The minimum Gasteiger partial charge on any atom is -0.453 e. The van der Waals surface area contributed by atoms with E-state index in [1.54, 1.807) is 11.8 Å². The van der Waals surface area contributed by atoms with Crippen LogP contribution in [0.3, 0.4) is 0 Å². The molecule has 0 saturated carbocycles. The highest BCUT2D eigenvalue weighted by molar-refractivity contribution is 7.18. The number of rotatable bonds is 4. The first-order valence-corrected chi connectivity index (χ1v) is 9.65. The predicted molar refractivity (Wildman–Crippen MR) is 99.3 cm³/mol. The lowest BCUT2D eigenvalue weighted by atomic mass is 10.2. The number of thiophene rings is 1. The number of aryl methyl sites for hydroxylation is 2. The third-order valence-electron chi connectivity index (χ3n) is 4.74. The summed E-state index contributed by atoms with van der Waals surface area (Å²) in [5.74, 6) is -0.182. The van der Waals surface area contributed by atoms with Gasteiger partial charge < -0.3 is 14.6 Å². The number of H-pyrrole nitrogens is 1. The van der Waals surface area contributed by atoms with Crippen LogP contribution >= 0.6 is 11.3 Å². The maximum Gasteiger partial charge on any atom is 0.326 e. The van der Waals surface area contributed by atoms with Crippen LogP contribution < -0.4 is 5.56 Å². The van der Waals surface area contributed by atoms with Gasteiger partial charge in [-0.15, -0.1) is 11.3 Å². The fraction of sp³-hybridized carbons (Fsp3) is 0.556.